The average Bonchev–Trinajstić information content (AvgIpc) is 1.76. The van der Waals surface area contributed by atoms with Gasteiger partial charge in [0.15, 0.2) is 0 Å². The Bertz CT molecular complexity index is 4830. The number of ether oxygens (including phenoxy) is 4. The smallest absolute Gasteiger partial charge is 0.273 e. The molecule has 0 fully saturated rings. The molecule has 6 heterocycles. The summed E-state index contributed by atoms with van der Waals surface area (Å²) in [6.07, 6.45) is 5.25. The first kappa shape index (κ1) is 64.3. The molecule has 0 aliphatic rings. The third kappa shape index (κ3) is 16.1. The van der Waals surface area contributed by atoms with Crippen molar-refractivity contribution in [3.63, 3.8) is 0 Å². The molecule has 0 aliphatic carbocycles. The summed E-state index contributed by atoms with van der Waals surface area (Å²) in [7, 11) is 8.73. The van der Waals surface area contributed by atoms with Gasteiger partial charge in [0, 0.05) is 88.3 Å². The fraction of sp³-hybridized carbons (Fsp3) is 0.0658. The van der Waals surface area contributed by atoms with Gasteiger partial charge in [-0.3, -0.25) is 40.3 Å². The zero-order valence-electron chi connectivity index (χ0n) is 52.9. The number of H-pyrrole nitrogens is 4. The van der Waals surface area contributed by atoms with Crippen LogP contribution in [0.4, 0.5) is 17.2 Å². The lowest BCUT2D eigenvalue weighted by Crippen LogP contribution is -2.11. The number of para-hydroxylation sites is 3. The molecule has 5 N–H and O–H groups in total. The maximum atomic E-state index is 12.4. The number of benzene rings is 8. The number of aromatic nitrogens is 10. The van der Waals surface area contributed by atoms with Crippen LogP contribution in [0.5, 0.6) is 28.7 Å². The van der Waals surface area contributed by atoms with Crippen molar-refractivity contribution in [1.82, 2.24) is 50.8 Å². The number of rotatable bonds is 17. The highest BCUT2D eigenvalue weighted by Crippen LogP contribution is 2.37. The van der Waals surface area contributed by atoms with Gasteiger partial charge in [0.25, 0.3) is 11.6 Å². The zero-order chi connectivity index (χ0) is 66.6. The van der Waals surface area contributed by atoms with E-state index in [1.54, 1.807) is 44.8 Å². The maximum Gasteiger partial charge on any atom is 0.273 e. The third-order valence-electron chi connectivity index (χ3n) is 14.9. The van der Waals surface area contributed by atoms with Gasteiger partial charge in [-0.1, -0.05) is 127 Å². The molecule has 0 saturated heterocycles. The van der Waals surface area contributed by atoms with Crippen molar-refractivity contribution in [1.29, 1.82) is 0 Å². The number of methoxy groups -OCH3 is 3. The minimum atomic E-state index is -0.450. The van der Waals surface area contributed by atoms with E-state index in [0.717, 1.165) is 113 Å². The number of nitrogens with zero attached hydrogens (tertiary/aromatic N) is 8. The zero-order valence-corrected chi connectivity index (χ0v) is 52.9. The number of non-ortho nitro benzene ring substituents is 1. The van der Waals surface area contributed by atoms with E-state index in [9.17, 15) is 14.9 Å². The molecular weight excluding hydrogens is 1210 g/mol. The Morgan fingerprint density at radius 2 is 0.896 bits per heavy atom. The molecule has 0 atom stereocenters. The molecule has 20 nitrogen and oxygen atoms in total. The largest absolute Gasteiger partial charge is 0.496 e. The summed E-state index contributed by atoms with van der Waals surface area (Å²) in [6.45, 7) is 0. The van der Waals surface area contributed by atoms with E-state index in [0.29, 0.717) is 22.7 Å². The maximum absolute atomic E-state index is 12.4. The van der Waals surface area contributed by atoms with Crippen LogP contribution in [-0.4, -0.2) is 97.0 Å². The first-order chi connectivity index (χ1) is 47.0. The Kier molecular flexibility index (Phi) is 20.9. The molecule has 8 aromatic carbocycles. The van der Waals surface area contributed by atoms with Crippen molar-refractivity contribution in [3.8, 4) is 119 Å². The van der Waals surface area contributed by atoms with E-state index in [1.807, 2.05) is 250 Å². The number of hydrogen-bond acceptors (Lipinski definition) is 14. The number of hydrogen-bond donors (Lipinski definition) is 5. The summed E-state index contributed by atoms with van der Waals surface area (Å²) in [4.78, 5) is 33.2. The molecule has 0 spiro atoms. The number of carbonyl (C=O) groups excluding carboxylic acids is 1. The predicted octanol–water partition coefficient (Wildman–Crippen LogP) is 16.8. The quantitative estimate of drug-likeness (QED) is 0.0420. The molecule has 0 saturated carbocycles. The summed E-state index contributed by atoms with van der Waals surface area (Å²) in [5, 5.41) is 43.4. The van der Waals surface area contributed by atoms with Gasteiger partial charge in [-0.2, -0.15) is 20.4 Å². The van der Waals surface area contributed by atoms with Crippen molar-refractivity contribution in [2.24, 2.45) is 0 Å². The van der Waals surface area contributed by atoms with Crippen LogP contribution < -0.4 is 29.2 Å². The highest BCUT2D eigenvalue weighted by molar-refractivity contribution is 6.04. The van der Waals surface area contributed by atoms with E-state index in [2.05, 4.69) is 56.1 Å². The summed E-state index contributed by atoms with van der Waals surface area (Å²) >= 11 is 0. The molecule has 6 aromatic heterocycles. The van der Waals surface area contributed by atoms with Crippen LogP contribution in [0.2, 0.25) is 0 Å². The molecule has 476 valence electrons. The van der Waals surface area contributed by atoms with Crippen LogP contribution in [-0.2, 0) is 0 Å². The van der Waals surface area contributed by atoms with Gasteiger partial charge in [0.1, 0.15) is 34.6 Å². The Labute approximate surface area is 553 Å². The van der Waals surface area contributed by atoms with Gasteiger partial charge >= 0.3 is 0 Å². The molecule has 14 rings (SSSR count). The minimum Gasteiger partial charge on any atom is -0.496 e. The molecule has 96 heavy (non-hydrogen) atoms. The fourth-order valence-corrected chi connectivity index (χ4v) is 10.1. The Morgan fingerprint density at radius 3 is 1.38 bits per heavy atom. The van der Waals surface area contributed by atoms with Crippen LogP contribution in [0, 0.1) is 10.1 Å². The number of pyridine rings is 2. The lowest BCUT2D eigenvalue weighted by Gasteiger charge is -2.10. The summed E-state index contributed by atoms with van der Waals surface area (Å²) in [5.74, 6) is 4.26. The highest BCUT2D eigenvalue weighted by atomic mass is 16.6. The average molecular weight is 1270 g/mol. The number of anilines is 2. The standard InChI is InChI=1S/C23H19N3O2.C20H15N3O.C17H18N4O.C16H13N3O3/c1-28-22-13-6-5-12-19(22)21-15-20(25-26-21)17-10-7-11-18(14-17)24-23(27)16-8-3-2-4-9-16;1-2-7-15(8-3-1)18-13-19(23-22-18)17-10-4-5-11-20(17)24-16-9-6-12-21-14-16;1-21(2)17-9-8-12(11-18-17)14-10-15(20-19-14)13-6-4-5-7-16(13)22-3;1-22-16-9-12(19(20)21)7-8-13(16)15-10-14(17-18-15)11-5-3-2-4-6-11/h2-15H,1H3,(H,24,27)(H,25,26);1-14H,(H,22,23);4-11H,1-3H3,(H,19,20);2-10H,1H3,(H,17,18). The Balaban J connectivity index is 0.000000131. The minimum absolute atomic E-state index is 0.0107. The topological polar surface area (TPSA) is 253 Å². The highest BCUT2D eigenvalue weighted by Gasteiger charge is 2.18. The second kappa shape index (κ2) is 31.2. The summed E-state index contributed by atoms with van der Waals surface area (Å²) in [5.41, 5.74) is 15.7. The monoisotopic (exact) mass is 1270 g/mol. The molecule has 1 amide bonds. The predicted molar refractivity (Wildman–Crippen MR) is 375 cm³/mol. The van der Waals surface area contributed by atoms with E-state index in [-0.39, 0.29) is 11.6 Å². The van der Waals surface area contributed by atoms with Crippen molar-refractivity contribution in [3.05, 3.63) is 289 Å². The normalized spacial score (nSPS) is 10.5. The molecule has 14 aromatic rings. The van der Waals surface area contributed by atoms with Crippen molar-refractivity contribution in [2.45, 2.75) is 0 Å². The first-order valence-electron chi connectivity index (χ1n) is 30.2. The van der Waals surface area contributed by atoms with Gasteiger partial charge in [-0.25, -0.2) is 4.98 Å². The van der Waals surface area contributed by atoms with Crippen LogP contribution in [0.3, 0.4) is 0 Å². The van der Waals surface area contributed by atoms with Crippen molar-refractivity contribution >= 4 is 23.1 Å². The van der Waals surface area contributed by atoms with Crippen molar-refractivity contribution in [2.75, 3.05) is 45.6 Å². The molecule has 0 aliphatic heterocycles. The number of nitro groups is 1. The molecule has 0 unspecified atom stereocenters. The third-order valence-corrected chi connectivity index (χ3v) is 14.9. The number of carbonyl (C=O) groups is 1. The lowest BCUT2D eigenvalue weighted by atomic mass is 10.1. The molecule has 20 heteroatoms. The molecule has 0 bridgehead atoms. The number of amides is 1. The van der Waals surface area contributed by atoms with Gasteiger partial charge in [-0.15, -0.1) is 0 Å². The van der Waals surface area contributed by atoms with Crippen LogP contribution in [0.25, 0.3) is 90.1 Å². The molecular formula is C76H65N13O7. The van der Waals surface area contributed by atoms with E-state index < -0.39 is 4.92 Å². The van der Waals surface area contributed by atoms with Gasteiger partial charge < -0.3 is 29.2 Å². The SMILES string of the molecule is COc1cc([N+](=O)[O-])ccc1-c1cc(-c2ccccc2)n[nH]1.COc1ccccc1-c1cc(-c2ccc(N(C)C)nc2)n[nH]1.COc1ccccc1-c1cc(-c2cccc(NC(=O)c3ccccc3)c2)n[nH]1.c1ccc(-c2cc(-c3ccccc3Oc3cccnc3)[nH]n2)cc1. The Morgan fingerprint density at radius 1 is 0.438 bits per heavy atom. The second-order valence-corrected chi connectivity index (χ2v) is 21.4. The summed E-state index contributed by atoms with van der Waals surface area (Å²) < 4.78 is 22.0. The van der Waals surface area contributed by atoms with Crippen LogP contribution in [0.1, 0.15) is 10.4 Å². The van der Waals surface area contributed by atoms with E-state index in [1.165, 1.54) is 19.2 Å². The second-order valence-electron chi connectivity index (χ2n) is 21.4. The number of aromatic amines is 4. The van der Waals surface area contributed by atoms with Gasteiger partial charge in [0.05, 0.1) is 84.1 Å². The Hall–Kier alpha value is -13.2. The summed E-state index contributed by atoms with van der Waals surface area (Å²) in [6, 6.07) is 80.2. The van der Waals surface area contributed by atoms with Crippen LogP contribution >= 0.6 is 0 Å². The van der Waals surface area contributed by atoms with Crippen LogP contribution in [0.15, 0.2) is 273 Å². The number of nitrogens with one attached hydrogen (secondary N) is 5. The van der Waals surface area contributed by atoms with E-state index in [4.69, 9.17) is 18.9 Å². The van der Waals surface area contributed by atoms with Crippen molar-refractivity contribution < 1.29 is 28.7 Å². The fourth-order valence-electron chi connectivity index (χ4n) is 10.1. The van der Waals surface area contributed by atoms with Gasteiger partial charge in [-0.05, 0) is 115 Å². The lowest BCUT2D eigenvalue weighted by molar-refractivity contribution is -0.384. The van der Waals surface area contributed by atoms with Gasteiger partial charge in [0.2, 0.25) is 0 Å². The van der Waals surface area contributed by atoms with E-state index >= 15 is 0 Å². The number of nitro benzene ring substituents is 1. The molecule has 0 radical (unpaired) electrons. The first-order valence-corrected chi connectivity index (χ1v) is 30.2.